The molecule has 106 valence electrons. The van der Waals surface area contributed by atoms with E-state index in [2.05, 4.69) is 36.6 Å². The van der Waals surface area contributed by atoms with Crippen molar-refractivity contribution < 1.29 is 4.79 Å². The third-order valence-corrected chi connectivity index (χ3v) is 3.59. The highest BCUT2D eigenvalue weighted by Crippen LogP contribution is 2.19. The first-order valence-electron chi connectivity index (χ1n) is 6.71. The predicted octanol–water partition coefficient (Wildman–Crippen LogP) is 3.37. The summed E-state index contributed by atoms with van der Waals surface area (Å²) in [7, 11) is 0. The Morgan fingerprint density at radius 3 is 2.68 bits per heavy atom. The van der Waals surface area contributed by atoms with Gasteiger partial charge >= 0.3 is 0 Å². The lowest BCUT2D eigenvalue weighted by Crippen LogP contribution is -2.38. The van der Waals surface area contributed by atoms with Crippen LogP contribution in [-0.4, -0.2) is 24.7 Å². The van der Waals surface area contributed by atoms with Crippen molar-refractivity contribution in [3.8, 4) is 0 Å². The minimum absolute atomic E-state index is 0.0511. The molecule has 0 spiro atoms. The Hall–Kier alpha value is -1.16. The fraction of sp³-hybridized carbons (Fsp3) is 0.533. The van der Waals surface area contributed by atoms with Gasteiger partial charge in [0.15, 0.2) is 0 Å². The number of nitrogens with one attached hydrogen (secondary N) is 2. The van der Waals surface area contributed by atoms with Gasteiger partial charge in [-0.3, -0.25) is 4.79 Å². The van der Waals surface area contributed by atoms with E-state index in [1.165, 1.54) is 4.90 Å². The highest BCUT2D eigenvalue weighted by atomic mass is 32.2. The number of carbonyl (C=O) groups is 1. The number of amides is 1. The van der Waals surface area contributed by atoms with Crippen LogP contribution >= 0.6 is 11.8 Å². The molecule has 4 heteroatoms. The predicted molar refractivity (Wildman–Crippen MR) is 83.8 cm³/mol. The molecule has 0 heterocycles. The summed E-state index contributed by atoms with van der Waals surface area (Å²) >= 11 is 1.69. The van der Waals surface area contributed by atoms with Crippen LogP contribution in [0.4, 0.5) is 5.69 Å². The smallest absolute Gasteiger partial charge is 0.242 e. The summed E-state index contributed by atoms with van der Waals surface area (Å²) in [5, 5.41) is 6.19. The van der Waals surface area contributed by atoms with Crippen molar-refractivity contribution in [2.75, 3.05) is 18.1 Å². The van der Waals surface area contributed by atoms with E-state index >= 15 is 0 Å². The van der Waals surface area contributed by atoms with Gasteiger partial charge in [-0.05, 0) is 43.7 Å². The molecular weight excluding hydrogens is 256 g/mol. The van der Waals surface area contributed by atoms with Crippen LogP contribution in [0.3, 0.4) is 0 Å². The van der Waals surface area contributed by atoms with Crippen molar-refractivity contribution in [2.45, 2.75) is 38.1 Å². The highest BCUT2D eigenvalue weighted by Gasteiger charge is 2.12. The van der Waals surface area contributed by atoms with Crippen LogP contribution in [0.1, 0.15) is 27.2 Å². The number of hydrogen-bond acceptors (Lipinski definition) is 3. The summed E-state index contributed by atoms with van der Waals surface area (Å²) in [5.74, 6) is 0.664. The van der Waals surface area contributed by atoms with Gasteiger partial charge in [0, 0.05) is 17.1 Å². The Balaban J connectivity index is 2.44. The van der Waals surface area contributed by atoms with Gasteiger partial charge in [-0.25, -0.2) is 0 Å². The summed E-state index contributed by atoms with van der Waals surface area (Å²) in [6.07, 6.45) is 3.06. The van der Waals surface area contributed by atoms with Crippen LogP contribution < -0.4 is 10.6 Å². The zero-order valence-corrected chi connectivity index (χ0v) is 13.0. The topological polar surface area (TPSA) is 41.1 Å². The molecule has 0 bridgehead atoms. The van der Waals surface area contributed by atoms with E-state index in [0.29, 0.717) is 5.92 Å². The molecule has 1 aromatic rings. The Kier molecular flexibility index (Phi) is 6.78. The molecule has 3 nitrogen and oxygen atoms in total. The molecule has 0 saturated heterocycles. The van der Waals surface area contributed by atoms with E-state index < -0.39 is 0 Å². The van der Waals surface area contributed by atoms with Gasteiger partial charge in [-0.2, -0.15) is 0 Å². The molecule has 0 aromatic heterocycles. The highest BCUT2D eigenvalue weighted by molar-refractivity contribution is 7.98. The van der Waals surface area contributed by atoms with Crippen LogP contribution in [0.5, 0.6) is 0 Å². The normalized spacial score (nSPS) is 12.3. The third-order valence-electron chi connectivity index (χ3n) is 2.87. The number of hydrogen-bond donors (Lipinski definition) is 2. The lowest BCUT2D eigenvalue weighted by atomic mass is 10.1. The largest absolute Gasteiger partial charge is 0.374 e. The molecule has 1 aromatic carbocycles. The van der Waals surface area contributed by atoms with E-state index in [9.17, 15) is 4.79 Å². The zero-order chi connectivity index (χ0) is 14.3. The van der Waals surface area contributed by atoms with Crippen LogP contribution in [0.25, 0.3) is 0 Å². The summed E-state index contributed by atoms with van der Waals surface area (Å²) in [4.78, 5) is 13.1. The second-order valence-corrected chi connectivity index (χ2v) is 5.95. The maximum atomic E-state index is 11.9. The number of thioether (sulfide) groups is 1. The maximum Gasteiger partial charge on any atom is 0.242 e. The molecule has 0 radical (unpaired) electrons. The molecule has 1 amide bonds. The summed E-state index contributed by atoms with van der Waals surface area (Å²) in [5.41, 5.74) is 0.985. The fourth-order valence-electron chi connectivity index (χ4n) is 1.67. The molecule has 0 aliphatic rings. The minimum atomic E-state index is -0.218. The van der Waals surface area contributed by atoms with E-state index in [0.717, 1.165) is 18.7 Å². The van der Waals surface area contributed by atoms with E-state index in [4.69, 9.17) is 0 Å². The van der Waals surface area contributed by atoms with E-state index in [1.54, 1.807) is 11.8 Å². The van der Waals surface area contributed by atoms with Crippen LogP contribution in [0, 0.1) is 5.92 Å². The maximum absolute atomic E-state index is 11.9. The second-order valence-electron chi connectivity index (χ2n) is 5.07. The quantitative estimate of drug-likeness (QED) is 0.752. The lowest BCUT2D eigenvalue weighted by Gasteiger charge is -2.16. The van der Waals surface area contributed by atoms with Crippen LogP contribution in [0.15, 0.2) is 29.2 Å². The first-order chi connectivity index (χ1) is 9.02. The SMILES string of the molecule is CSc1cccc(NC(C)C(=O)NCCC(C)C)c1. The fourth-order valence-corrected chi connectivity index (χ4v) is 2.13. The zero-order valence-electron chi connectivity index (χ0n) is 12.2. The van der Waals surface area contributed by atoms with Crippen LogP contribution in [0.2, 0.25) is 0 Å². The van der Waals surface area contributed by atoms with Gasteiger partial charge in [-0.15, -0.1) is 11.8 Å². The monoisotopic (exact) mass is 280 g/mol. The Morgan fingerprint density at radius 2 is 2.05 bits per heavy atom. The molecule has 0 saturated carbocycles. The standard InChI is InChI=1S/C15H24N2OS/c1-11(2)8-9-16-15(18)12(3)17-13-6-5-7-14(10-13)19-4/h5-7,10-12,17H,8-9H2,1-4H3,(H,16,18). The van der Waals surface area contributed by atoms with E-state index in [-0.39, 0.29) is 11.9 Å². The number of carbonyl (C=O) groups excluding carboxylic acids is 1. The minimum Gasteiger partial charge on any atom is -0.374 e. The molecule has 19 heavy (non-hydrogen) atoms. The van der Waals surface area contributed by atoms with Gasteiger partial charge < -0.3 is 10.6 Å². The van der Waals surface area contributed by atoms with Crippen molar-refractivity contribution in [3.05, 3.63) is 24.3 Å². The summed E-state index contributed by atoms with van der Waals surface area (Å²) < 4.78 is 0. The van der Waals surface area contributed by atoms with E-state index in [1.807, 2.05) is 25.3 Å². The number of benzene rings is 1. The first-order valence-corrected chi connectivity index (χ1v) is 7.93. The van der Waals surface area contributed by atoms with Crippen molar-refractivity contribution in [1.82, 2.24) is 5.32 Å². The first kappa shape index (κ1) is 15.9. The molecule has 0 fully saturated rings. The summed E-state index contributed by atoms with van der Waals surface area (Å²) in [6, 6.07) is 7.88. The molecule has 0 aliphatic heterocycles. The molecule has 2 N–H and O–H groups in total. The molecule has 1 rings (SSSR count). The molecular formula is C15H24N2OS. The third kappa shape index (κ3) is 6.01. The van der Waals surface area contributed by atoms with Gasteiger partial charge in [0.05, 0.1) is 0 Å². The molecule has 0 aliphatic carbocycles. The van der Waals surface area contributed by atoms with Crippen molar-refractivity contribution >= 4 is 23.4 Å². The Morgan fingerprint density at radius 1 is 1.32 bits per heavy atom. The average Bonchev–Trinajstić information content (AvgIpc) is 2.38. The molecule has 1 unspecified atom stereocenters. The van der Waals surface area contributed by atoms with Crippen molar-refractivity contribution in [3.63, 3.8) is 0 Å². The second kappa shape index (κ2) is 8.10. The Bertz CT molecular complexity index is 407. The van der Waals surface area contributed by atoms with Gasteiger partial charge in [0.2, 0.25) is 5.91 Å². The number of rotatable bonds is 7. The summed E-state index contributed by atoms with van der Waals surface area (Å²) in [6.45, 7) is 6.94. The average molecular weight is 280 g/mol. The van der Waals surface area contributed by atoms with Crippen molar-refractivity contribution in [1.29, 1.82) is 0 Å². The Labute approximate surface area is 120 Å². The van der Waals surface area contributed by atoms with Crippen LogP contribution in [-0.2, 0) is 4.79 Å². The van der Waals surface area contributed by atoms with Crippen molar-refractivity contribution in [2.24, 2.45) is 5.92 Å². The van der Waals surface area contributed by atoms with Gasteiger partial charge in [0.1, 0.15) is 6.04 Å². The molecule has 1 atom stereocenters. The lowest BCUT2D eigenvalue weighted by molar-refractivity contribution is -0.121. The number of anilines is 1. The van der Waals surface area contributed by atoms with Gasteiger partial charge in [-0.1, -0.05) is 19.9 Å². The van der Waals surface area contributed by atoms with Gasteiger partial charge in [0.25, 0.3) is 0 Å².